The Kier molecular flexibility index (Phi) is 3.92. The summed E-state index contributed by atoms with van der Waals surface area (Å²) >= 11 is 0. The van der Waals surface area contributed by atoms with E-state index < -0.39 is 0 Å². The van der Waals surface area contributed by atoms with Crippen LogP contribution in [0, 0.1) is 6.92 Å². The Balaban J connectivity index is 1.82. The van der Waals surface area contributed by atoms with Crippen molar-refractivity contribution in [3.63, 3.8) is 0 Å². The number of rotatable bonds is 3. The standard InChI is InChI=1S/C21H19N3O2/c1-12(2)18-11-16(19-13(3)24-26-21(19)23-18)20(25)22-17-10-6-8-14-7-4-5-9-15(14)17/h4-12H,1-3H3,(H,22,25). The molecule has 0 spiro atoms. The third kappa shape index (κ3) is 2.71. The maximum atomic E-state index is 13.1. The molecule has 1 amide bonds. The predicted molar refractivity (Wildman–Crippen MR) is 103 cm³/mol. The van der Waals surface area contributed by atoms with Crippen LogP contribution in [0.25, 0.3) is 21.9 Å². The van der Waals surface area contributed by atoms with Crippen LogP contribution in [0.5, 0.6) is 0 Å². The predicted octanol–water partition coefficient (Wildman–Crippen LogP) is 5.06. The summed E-state index contributed by atoms with van der Waals surface area (Å²) in [7, 11) is 0. The van der Waals surface area contributed by atoms with Crippen molar-refractivity contribution in [1.82, 2.24) is 10.1 Å². The van der Waals surface area contributed by atoms with Crippen molar-refractivity contribution in [2.45, 2.75) is 26.7 Å². The first kappa shape index (κ1) is 16.3. The zero-order valence-electron chi connectivity index (χ0n) is 14.9. The van der Waals surface area contributed by atoms with Crippen LogP contribution < -0.4 is 5.32 Å². The maximum Gasteiger partial charge on any atom is 0.259 e. The molecule has 0 aliphatic carbocycles. The van der Waals surface area contributed by atoms with Gasteiger partial charge in [0.05, 0.1) is 16.6 Å². The van der Waals surface area contributed by atoms with Crippen molar-refractivity contribution < 1.29 is 9.32 Å². The van der Waals surface area contributed by atoms with Crippen LogP contribution in [0.3, 0.4) is 0 Å². The van der Waals surface area contributed by atoms with Gasteiger partial charge in [0.1, 0.15) is 0 Å². The Morgan fingerprint density at radius 3 is 2.69 bits per heavy atom. The molecule has 0 fully saturated rings. The van der Waals surface area contributed by atoms with E-state index in [1.165, 1.54) is 0 Å². The molecule has 0 saturated heterocycles. The number of hydrogen-bond acceptors (Lipinski definition) is 4. The number of nitrogens with zero attached hydrogens (tertiary/aromatic N) is 2. The Labute approximate surface area is 151 Å². The molecule has 2 aromatic carbocycles. The van der Waals surface area contributed by atoms with Gasteiger partial charge >= 0.3 is 0 Å². The maximum absolute atomic E-state index is 13.1. The minimum Gasteiger partial charge on any atom is -0.336 e. The average Bonchev–Trinajstić information content (AvgIpc) is 3.02. The number of benzene rings is 2. The molecule has 5 heteroatoms. The third-order valence-corrected chi connectivity index (χ3v) is 4.51. The molecule has 26 heavy (non-hydrogen) atoms. The summed E-state index contributed by atoms with van der Waals surface area (Å²) in [5.41, 5.74) is 3.17. The molecule has 2 aromatic heterocycles. The minimum absolute atomic E-state index is 0.175. The Hall–Kier alpha value is -3.21. The molecular formula is C21H19N3O2. The highest BCUT2D eigenvalue weighted by molar-refractivity contribution is 6.14. The van der Waals surface area contributed by atoms with Gasteiger partial charge in [0.15, 0.2) is 0 Å². The van der Waals surface area contributed by atoms with Gasteiger partial charge in [-0.3, -0.25) is 4.79 Å². The Morgan fingerprint density at radius 2 is 1.88 bits per heavy atom. The number of fused-ring (bicyclic) bond motifs is 2. The number of carbonyl (C=O) groups is 1. The van der Waals surface area contributed by atoms with E-state index in [1.807, 2.05) is 69.3 Å². The molecule has 5 nitrogen and oxygen atoms in total. The van der Waals surface area contributed by atoms with Crippen molar-refractivity contribution >= 4 is 33.5 Å². The molecule has 0 bridgehead atoms. The second kappa shape index (κ2) is 6.26. The van der Waals surface area contributed by atoms with Crippen LogP contribution in [-0.2, 0) is 0 Å². The van der Waals surface area contributed by atoms with Gasteiger partial charge in [-0.25, -0.2) is 4.98 Å². The molecule has 130 valence electrons. The molecule has 0 saturated carbocycles. The van der Waals surface area contributed by atoms with Crippen molar-refractivity contribution in [2.75, 3.05) is 5.32 Å². The SMILES string of the molecule is Cc1noc2nc(C(C)C)cc(C(=O)Nc3cccc4ccccc34)c12. The van der Waals surface area contributed by atoms with Crippen molar-refractivity contribution in [2.24, 2.45) is 0 Å². The van der Waals surface area contributed by atoms with E-state index >= 15 is 0 Å². The summed E-state index contributed by atoms with van der Waals surface area (Å²) < 4.78 is 5.31. The lowest BCUT2D eigenvalue weighted by atomic mass is 10.0. The number of carbonyl (C=O) groups excluding carboxylic acids is 1. The zero-order valence-corrected chi connectivity index (χ0v) is 14.9. The van der Waals surface area contributed by atoms with Crippen LogP contribution in [-0.4, -0.2) is 16.0 Å². The number of amides is 1. The minimum atomic E-state index is -0.193. The van der Waals surface area contributed by atoms with Gasteiger partial charge in [0, 0.05) is 16.8 Å². The highest BCUT2D eigenvalue weighted by Crippen LogP contribution is 2.28. The first-order valence-corrected chi connectivity index (χ1v) is 8.60. The Bertz CT molecular complexity index is 1120. The topological polar surface area (TPSA) is 68.0 Å². The highest BCUT2D eigenvalue weighted by Gasteiger charge is 2.20. The summed E-state index contributed by atoms with van der Waals surface area (Å²) in [4.78, 5) is 17.6. The number of nitrogens with one attached hydrogen (secondary N) is 1. The molecule has 4 aromatic rings. The van der Waals surface area contributed by atoms with Crippen LogP contribution in [0.4, 0.5) is 5.69 Å². The summed E-state index contributed by atoms with van der Waals surface area (Å²) in [6.45, 7) is 5.88. The lowest BCUT2D eigenvalue weighted by molar-refractivity contribution is 0.102. The van der Waals surface area contributed by atoms with Crippen molar-refractivity contribution in [3.8, 4) is 0 Å². The van der Waals surface area contributed by atoms with Gasteiger partial charge in [0.2, 0.25) is 0 Å². The highest BCUT2D eigenvalue weighted by atomic mass is 16.5. The van der Waals surface area contributed by atoms with E-state index in [0.717, 1.165) is 22.2 Å². The molecule has 0 aliphatic heterocycles. The number of pyridine rings is 1. The van der Waals surface area contributed by atoms with E-state index in [0.29, 0.717) is 22.4 Å². The molecule has 2 heterocycles. The van der Waals surface area contributed by atoms with Crippen LogP contribution in [0.1, 0.15) is 41.5 Å². The molecule has 4 rings (SSSR count). The lowest BCUT2D eigenvalue weighted by Crippen LogP contribution is -2.14. The largest absolute Gasteiger partial charge is 0.336 e. The number of hydrogen-bond donors (Lipinski definition) is 1. The van der Waals surface area contributed by atoms with Crippen LogP contribution in [0.15, 0.2) is 53.1 Å². The van der Waals surface area contributed by atoms with Crippen LogP contribution >= 0.6 is 0 Å². The monoisotopic (exact) mass is 345 g/mol. The number of aromatic nitrogens is 2. The Morgan fingerprint density at radius 1 is 1.12 bits per heavy atom. The van der Waals surface area contributed by atoms with Gasteiger partial charge in [-0.15, -0.1) is 0 Å². The summed E-state index contributed by atoms with van der Waals surface area (Å²) in [6.07, 6.45) is 0. The van der Waals surface area contributed by atoms with Gasteiger partial charge in [-0.05, 0) is 30.4 Å². The van der Waals surface area contributed by atoms with Gasteiger partial charge < -0.3 is 9.84 Å². The quantitative estimate of drug-likeness (QED) is 0.563. The van der Waals surface area contributed by atoms with E-state index in [1.54, 1.807) is 0 Å². The van der Waals surface area contributed by atoms with Gasteiger partial charge in [-0.2, -0.15) is 0 Å². The molecule has 0 aliphatic rings. The zero-order chi connectivity index (χ0) is 18.3. The average molecular weight is 345 g/mol. The fourth-order valence-corrected chi connectivity index (χ4v) is 3.11. The second-order valence-electron chi connectivity index (χ2n) is 6.68. The summed E-state index contributed by atoms with van der Waals surface area (Å²) in [5.74, 6) is -0.0177. The first-order valence-electron chi connectivity index (χ1n) is 8.60. The van der Waals surface area contributed by atoms with Crippen LogP contribution in [0.2, 0.25) is 0 Å². The smallest absolute Gasteiger partial charge is 0.259 e. The van der Waals surface area contributed by atoms with E-state index in [9.17, 15) is 4.79 Å². The first-order chi connectivity index (χ1) is 12.5. The molecule has 0 unspecified atom stereocenters. The fraction of sp³-hybridized carbons (Fsp3) is 0.190. The van der Waals surface area contributed by atoms with Gasteiger partial charge in [-0.1, -0.05) is 55.4 Å². The fourth-order valence-electron chi connectivity index (χ4n) is 3.11. The molecule has 0 atom stereocenters. The van der Waals surface area contributed by atoms with E-state index in [4.69, 9.17) is 4.52 Å². The second-order valence-corrected chi connectivity index (χ2v) is 6.68. The summed E-state index contributed by atoms with van der Waals surface area (Å²) in [5, 5.41) is 9.76. The number of aryl methyl sites for hydroxylation is 1. The van der Waals surface area contributed by atoms with Gasteiger partial charge in [0.25, 0.3) is 11.6 Å². The molecule has 1 N–H and O–H groups in total. The molecular weight excluding hydrogens is 326 g/mol. The van der Waals surface area contributed by atoms with E-state index in [2.05, 4.69) is 15.5 Å². The third-order valence-electron chi connectivity index (χ3n) is 4.51. The summed E-state index contributed by atoms with van der Waals surface area (Å²) in [6, 6.07) is 15.7. The van der Waals surface area contributed by atoms with Crippen molar-refractivity contribution in [3.05, 3.63) is 65.5 Å². The lowest BCUT2D eigenvalue weighted by Gasteiger charge is -2.11. The van der Waals surface area contributed by atoms with E-state index in [-0.39, 0.29) is 11.8 Å². The normalized spacial score (nSPS) is 11.4. The molecule has 0 radical (unpaired) electrons. The number of anilines is 1. The van der Waals surface area contributed by atoms with Crippen molar-refractivity contribution in [1.29, 1.82) is 0 Å².